The summed E-state index contributed by atoms with van der Waals surface area (Å²) in [5, 5.41) is 9.54. The largest absolute Gasteiger partial charge is 0.481 e. The van der Waals surface area contributed by atoms with Crippen LogP contribution < -0.4 is 0 Å². The molecule has 21 heavy (non-hydrogen) atoms. The monoisotopic (exact) mass is 301 g/mol. The Hall–Kier alpha value is -0.650. The number of hydrogen-bond acceptors (Lipinski definition) is 4. The smallest absolute Gasteiger partial charge is 0.308 e. The molecule has 1 aliphatic carbocycles. The van der Waals surface area contributed by atoms with E-state index in [0.717, 1.165) is 32.4 Å². The van der Waals surface area contributed by atoms with Crippen molar-refractivity contribution in [3.05, 3.63) is 0 Å². The van der Waals surface area contributed by atoms with Gasteiger partial charge in [-0.1, -0.05) is 19.8 Å². The van der Waals surface area contributed by atoms with Crippen LogP contribution in [0.15, 0.2) is 0 Å². The van der Waals surface area contributed by atoms with Gasteiger partial charge in [0.2, 0.25) is 0 Å². The van der Waals surface area contributed by atoms with Gasteiger partial charge >= 0.3 is 5.97 Å². The summed E-state index contributed by atoms with van der Waals surface area (Å²) < 4.78 is 10.4. The Morgan fingerprint density at radius 2 is 1.81 bits per heavy atom. The van der Waals surface area contributed by atoms with Crippen LogP contribution in [0.25, 0.3) is 0 Å². The van der Waals surface area contributed by atoms with Crippen LogP contribution in [0.3, 0.4) is 0 Å². The van der Waals surface area contributed by atoms with E-state index in [1.165, 1.54) is 12.8 Å². The van der Waals surface area contributed by atoms with Crippen molar-refractivity contribution in [2.45, 2.75) is 45.1 Å². The van der Waals surface area contributed by atoms with Gasteiger partial charge in [-0.05, 0) is 25.2 Å². The van der Waals surface area contributed by atoms with Crippen LogP contribution in [-0.4, -0.2) is 62.5 Å². The van der Waals surface area contributed by atoms with Gasteiger partial charge in [-0.3, -0.25) is 9.69 Å². The third kappa shape index (κ3) is 5.93. The Bertz CT molecular complexity index is 290. The van der Waals surface area contributed by atoms with Gasteiger partial charge in [0.1, 0.15) is 0 Å². The molecule has 1 rings (SSSR count). The number of ether oxygens (including phenoxy) is 2. The van der Waals surface area contributed by atoms with Gasteiger partial charge in [-0.2, -0.15) is 0 Å². The fourth-order valence-corrected chi connectivity index (χ4v) is 3.45. The molecule has 3 unspecified atom stereocenters. The maximum Gasteiger partial charge on any atom is 0.308 e. The third-order valence-corrected chi connectivity index (χ3v) is 4.57. The molecule has 0 amide bonds. The first-order valence-corrected chi connectivity index (χ1v) is 8.08. The van der Waals surface area contributed by atoms with E-state index in [-0.39, 0.29) is 12.0 Å². The SMILES string of the molecule is CCCC1CCC(C(=O)O)C(N(CCOC)CCOC)C1. The molecule has 5 nitrogen and oxygen atoms in total. The highest BCUT2D eigenvalue weighted by Gasteiger charge is 2.37. The minimum atomic E-state index is -0.658. The van der Waals surface area contributed by atoms with Crippen molar-refractivity contribution in [3.63, 3.8) is 0 Å². The molecule has 1 fully saturated rings. The maximum absolute atomic E-state index is 11.6. The van der Waals surface area contributed by atoms with Crippen molar-refractivity contribution in [3.8, 4) is 0 Å². The summed E-state index contributed by atoms with van der Waals surface area (Å²) in [5.41, 5.74) is 0. The van der Waals surface area contributed by atoms with Crippen LogP contribution in [0.2, 0.25) is 0 Å². The molecule has 1 saturated carbocycles. The van der Waals surface area contributed by atoms with Crippen molar-refractivity contribution in [1.29, 1.82) is 0 Å². The second kappa shape index (κ2) is 10.1. The molecule has 0 saturated heterocycles. The van der Waals surface area contributed by atoms with Gasteiger partial charge in [0.05, 0.1) is 19.1 Å². The van der Waals surface area contributed by atoms with E-state index in [4.69, 9.17) is 9.47 Å². The first-order valence-electron chi connectivity index (χ1n) is 8.08. The molecule has 0 aromatic rings. The molecule has 124 valence electrons. The molecule has 0 heterocycles. The number of rotatable bonds is 10. The Labute approximate surface area is 128 Å². The summed E-state index contributed by atoms with van der Waals surface area (Å²) in [6.07, 6.45) is 5.19. The lowest BCUT2D eigenvalue weighted by Crippen LogP contribution is -2.49. The van der Waals surface area contributed by atoms with E-state index in [0.29, 0.717) is 19.1 Å². The number of nitrogens with zero attached hydrogens (tertiary/aromatic N) is 1. The fraction of sp³-hybridized carbons (Fsp3) is 0.938. The van der Waals surface area contributed by atoms with Crippen LogP contribution in [-0.2, 0) is 14.3 Å². The summed E-state index contributed by atoms with van der Waals surface area (Å²) in [5.74, 6) is -0.259. The quantitative estimate of drug-likeness (QED) is 0.670. The van der Waals surface area contributed by atoms with E-state index < -0.39 is 5.97 Å². The number of methoxy groups -OCH3 is 2. The predicted octanol–water partition coefficient (Wildman–Crippen LogP) is 2.25. The van der Waals surface area contributed by atoms with Crippen molar-refractivity contribution < 1.29 is 19.4 Å². The van der Waals surface area contributed by atoms with Crippen LogP contribution in [0.1, 0.15) is 39.0 Å². The zero-order chi connectivity index (χ0) is 15.7. The summed E-state index contributed by atoms with van der Waals surface area (Å²) in [6, 6.07) is 0.109. The van der Waals surface area contributed by atoms with Crippen LogP contribution >= 0.6 is 0 Å². The van der Waals surface area contributed by atoms with Crippen LogP contribution in [0.4, 0.5) is 0 Å². The highest BCUT2D eigenvalue weighted by molar-refractivity contribution is 5.71. The lowest BCUT2D eigenvalue weighted by Gasteiger charge is -2.41. The van der Waals surface area contributed by atoms with Gasteiger partial charge < -0.3 is 14.6 Å². The molecule has 0 radical (unpaired) electrons. The van der Waals surface area contributed by atoms with E-state index in [1.807, 2.05) is 0 Å². The molecule has 5 heteroatoms. The normalized spacial score (nSPS) is 26.2. The molecule has 0 spiro atoms. The number of aliphatic carboxylic acids is 1. The lowest BCUT2D eigenvalue weighted by atomic mass is 9.76. The topological polar surface area (TPSA) is 59.0 Å². The Kier molecular flexibility index (Phi) is 8.88. The predicted molar refractivity (Wildman–Crippen MR) is 82.5 cm³/mol. The Balaban J connectivity index is 2.76. The zero-order valence-corrected chi connectivity index (χ0v) is 13.7. The number of carboxylic acids is 1. The Morgan fingerprint density at radius 1 is 1.19 bits per heavy atom. The molecule has 1 N–H and O–H groups in total. The van der Waals surface area contributed by atoms with Crippen molar-refractivity contribution in [2.24, 2.45) is 11.8 Å². The minimum Gasteiger partial charge on any atom is -0.481 e. The van der Waals surface area contributed by atoms with Gasteiger partial charge in [0.15, 0.2) is 0 Å². The first kappa shape index (κ1) is 18.4. The van der Waals surface area contributed by atoms with E-state index >= 15 is 0 Å². The van der Waals surface area contributed by atoms with Gasteiger partial charge in [0.25, 0.3) is 0 Å². The highest BCUT2D eigenvalue weighted by Crippen LogP contribution is 2.35. The van der Waals surface area contributed by atoms with Crippen molar-refractivity contribution >= 4 is 5.97 Å². The molecule has 0 aromatic heterocycles. The molecule has 1 aliphatic rings. The van der Waals surface area contributed by atoms with Crippen LogP contribution in [0.5, 0.6) is 0 Å². The summed E-state index contributed by atoms with van der Waals surface area (Å²) in [7, 11) is 3.37. The zero-order valence-electron chi connectivity index (χ0n) is 13.7. The van der Waals surface area contributed by atoms with E-state index in [2.05, 4.69) is 11.8 Å². The highest BCUT2D eigenvalue weighted by atomic mass is 16.5. The minimum absolute atomic E-state index is 0.109. The number of hydrogen-bond donors (Lipinski definition) is 1. The summed E-state index contributed by atoms with van der Waals surface area (Å²) >= 11 is 0. The van der Waals surface area contributed by atoms with E-state index in [9.17, 15) is 9.90 Å². The van der Waals surface area contributed by atoms with Crippen LogP contribution in [0, 0.1) is 11.8 Å². The first-order chi connectivity index (χ1) is 10.1. The number of carboxylic acid groups (broad SMARTS) is 1. The fourth-order valence-electron chi connectivity index (χ4n) is 3.45. The summed E-state index contributed by atoms with van der Waals surface area (Å²) in [6.45, 7) is 5.00. The van der Waals surface area contributed by atoms with Crippen molar-refractivity contribution in [2.75, 3.05) is 40.5 Å². The molecular weight excluding hydrogens is 270 g/mol. The second-order valence-electron chi connectivity index (χ2n) is 6.00. The van der Waals surface area contributed by atoms with E-state index in [1.54, 1.807) is 14.2 Å². The summed E-state index contributed by atoms with van der Waals surface area (Å²) in [4.78, 5) is 13.8. The van der Waals surface area contributed by atoms with Gasteiger partial charge in [-0.15, -0.1) is 0 Å². The molecule has 0 aromatic carbocycles. The molecule has 0 aliphatic heterocycles. The molecule has 0 bridgehead atoms. The number of carbonyl (C=O) groups is 1. The van der Waals surface area contributed by atoms with Gasteiger partial charge in [0, 0.05) is 33.4 Å². The maximum atomic E-state index is 11.6. The lowest BCUT2D eigenvalue weighted by molar-refractivity contribution is -0.146. The molecular formula is C16H31NO4. The Morgan fingerprint density at radius 3 is 2.29 bits per heavy atom. The average molecular weight is 301 g/mol. The van der Waals surface area contributed by atoms with Gasteiger partial charge in [-0.25, -0.2) is 0 Å². The third-order valence-electron chi connectivity index (χ3n) is 4.57. The molecule has 3 atom stereocenters. The second-order valence-corrected chi connectivity index (χ2v) is 6.00. The standard InChI is InChI=1S/C16H31NO4/c1-4-5-13-6-7-14(16(18)19)15(12-13)17(8-10-20-2)9-11-21-3/h13-15H,4-12H2,1-3H3,(H,18,19). The van der Waals surface area contributed by atoms with Crippen molar-refractivity contribution in [1.82, 2.24) is 4.90 Å². The average Bonchev–Trinajstić information content (AvgIpc) is 2.47.